The first-order valence-electron chi connectivity index (χ1n) is 9.75. The predicted octanol–water partition coefficient (Wildman–Crippen LogP) is 4.46. The molecule has 0 saturated heterocycles. The van der Waals surface area contributed by atoms with Gasteiger partial charge in [0.15, 0.2) is 0 Å². The van der Waals surface area contributed by atoms with Crippen molar-refractivity contribution in [3.8, 4) is 17.2 Å². The van der Waals surface area contributed by atoms with Crippen molar-refractivity contribution in [2.75, 3.05) is 13.7 Å². The molecule has 0 saturated carbocycles. The standard InChI is InChI=1S/C22H19BrF3N3O3/c1-31-16-6-2-14(3-7-16)12-28-11-10-18-19(13-28)21(30)29(27-20(18)23)15-4-8-17(9-5-15)32-22(24,25)26/h2-9H,10-13H2,1H3. The Bertz CT molecular complexity index is 1160. The molecule has 0 amide bonds. The lowest BCUT2D eigenvalue weighted by atomic mass is 10.0. The number of ether oxygens (including phenoxy) is 2. The third kappa shape index (κ3) is 4.97. The minimum absolute atomic E-state index is 0.299. The molecule has 0 atom stereocenters. The monoisotopic (exact) mass is 509 g/mol. The number of benzene rings is 2. The highest BCUT2D eigenvalue weighted by molar-refractivity contribution is 9.10. The largest absolute Gasteiger partial charge is 0.573 e. The molecule has 0 unspecified atom stereocenters. The lowest BCUT2D eigenvalue weighted by Crippen LogP contribution is -2.37. The second kappa shape index (κ2) is 8.95. The van der Waals surface area contributed by atoms with Crippen molar-refractivity contribution in [2.45, 2.75) is 25.9 Å². The van der Waals surface area contributed by atoms with Crippen LogP contribution in [0.4, 0.5) is 13.2 Å². The zero-order valence-corrected chi connectivity index (χ0v) is 18.6. The van der Waals surface area contributed by atoms with Crippen LogP contribution in [0.2, 0.25) is 0 Å². The van der Waals surface area contributed by atoms with E-state index in [-0.39, 0.29) is 11.3 Å². The smallest absolute Gasteiger partial charge is 0.497 e. The maximum atomic E-state index is 13.2. The first-order valence-corrected chi connectivity index (χ1v) is 10.5. The van der Waals surface area contributed by atoms with Gasteiger partial charge >= 0.3 is 6.36 Å². The number of hydrogen-bond acceptors (Lipinski definition) is 5. The molecule has 6 nitrogen and oxygen atoms in total. The summed E-state index contributed by atoms with van der Waals surface area (Å²) in [6.45, 7) is 1.88. The van der Waals surface area contributed by atoms with Crippen LogP contribution in [0.25, 0.3) is 5.69 Å². The minimum Gasteiger partial charge on any atom is -0.497 e. The number of nitrogens with zero attached hydrogens (tertiary/aromatic N) is 3. The van der Waals surface area contributed by atoms with Gasteiger partial charge in [0.05, 0.1) is 12.8 Å². The Balaban J connectivity index is 1.58. The Morgan fingerprint density at radius 2 is 1.69 bits per heavy atom. The van der Waals surface area contributed by atoms with Crippen molar-refractivity contribution in [2.24, 2.45) is 0 Å². The Morgan fingerprint density at radius 3 is 2.31 bits per heavy atom. The zero-order valence-electron chi connectivity index (χ0n) is 17.0. The van der Waals surface area contributed by atoms with Gasteiger partial charge in [-0.1, -0.05) is 12.1 Å². The van der Waals surface area contributed by atoms with E-state index in [1.165, 1.54) is 16.8 Å². The second-order valence-corrected chi connectivity index (χ2v) is 8.07. The highest BCUT2D eigenvalue weighted by atomic mass is 79.9. The van der Waals surface area contributed by atoms with Crippen LogP contribution in [0.15, 0.2) is 57.9 Å². The predicted molar refractivity (Wildman–Crippen MR) is 115 cm³/mol. The summed E-state index contributed by atoms with van der Waals surface area (Å²) in [5.41, 5.74) is 2.62. The lowest BCUT2D eigenvalue weighted by Gasteiger charge is -2.29. The van der Waals surface area contributed by atoms with Crippen LogP contribution in [0.3, 0.4) is 0 Å². The molecule has 0 fully saturated rings. The van der Waals surface area contributed by atoms with Crippen LogP contribution in [-0.4, -0.2) is 34.7 Å². The highest BCUT2D eigenvalue weighted by Gasteiger charge is 2.31. The number of halogens is 4. The highest BCUT2D eigenvalue weighted by Crippen LogP contribution is 2.26. The summed E-state index contributed by atoms with van der Waals surface area (Å²) in [7, 11) is 1.62. The molecule has 3 aromatic rings. The maximum absolute atomic E-state index is 13.2. The van der Waals surface area contributed by atoms with Gasteiger partial charge in [-0.3, -0.25) is 9.69 Å². The molecule has 2 aromatic carbocycles. The quantitative estimate of drug-likeness (QED) is 0.508. The first-order chi connectivity index (χ1) is 15.2. The third-order valence-electron chi connectivity index (χ3n) is 5.19. The summed E-state index contributed by atoms with van der Waals surface area (Å²) < 4.78 is 48.0. The van der Waals surface area contributed by atoms with Crippen molar-refractivity contribution in [1.82, 2.24) is 14.7 Å². The molecule has 1 aromatic heterocycles. The van der Waals surface area contributed by atoms with E-state index in [0.717, 1.165) is 35.6 Å². The van der Waals surface area contributed by atoms with Crippen LogP contribution < -0.4 is 15.0 Å². The Labute approximate surface area is 190 Å². The number of hydrogen-bond donors (Lipinski definition) is 0. The summed E-state index contributed by atoms with van der Waals surface area (Å²) in [4.78, 5) is 15.4. The average Bonchev–Trinajstić information content (AvgIpc) is 2.76. The minimum atomic E-state index is -4.78. The molecule has 0 radical (unpaired) electrons. The van der Waals surface area contributed by atoms with Gasteiger partial charge in [-0.25, -0.2) is 0 Å². The summed E-state index contributed by atoms with van der Waals surface area (Å²) in [6.07, 6.45) is -4.12. The van der Waals surface area contributed by atoms with E-state index in [1.807, 2.05) is 24.3 Å². The maximum Gasteiger partial charge on any atom is 0.573 e. The van der Waals surface area contributed by atoms with Gasteiger partial charge < -0.3 is 9.47 Å². The van der Waals surface area contributed by atoms with E-state index in [0.29, 0.717) is 35.4 Å². The molecular formula is C22H19BrF3N3O3. The van der Waals surface area contributed by atoms with E-state index in [2.05, 4.69) is 30.7 Å². The molecule has 1 aliphatic heterocycles. The van der Waals surface area contributed by atoms with E-state index < -0.39 is 6.36 Å². The second-order valence-electron chi connectivity index (χ2n) is 7.32. The van der Waals surface area contributed by atoms with Crippen LogP contribution in [-0.2, 0) is 19.5 Å². The molecule has 0 aliphatic carbocycles. The summed E-state index contributed by atoms with van der Waals surface area (Å²) in [5, 5.41) is 4.31. The molecule has 32 heavy (non-hydrogen) atoms. The molecule has 0 bridgehead atoms. The lowest BCUT2D eigenvalue weighted by molar-refractivity contribution is -0.274. The number of alkyl halides is 3. The molecule has 0 spiro atoms. The normalized spacial score (nSPS) is 14.2. The molecule has 10 heteroatoms. The number of aromatic nitrogens is 2. The third-order valence-corrected chi connectivity index (χ3v) is 5.83. The first kappa shape index (κ1) is 22.3. The fourth-order valence-corrected chi connectivity index (χ4v) is 4.25. The molecule has 4 rings (SSSR count). The Kier molecular flexibility index (Phi) is 6.25. The van der Waals surface area contributed by atoms with Gasteiger partial charge in [0.2, 0.25) is 0 Å². The van der Waals surface area contributed by atoms with Gasteiger partial charge in [0.1, 0.15) is 16.1 Å². The van der Waals surface area contributed by atoms with Crippen LogP contribution >= 0.6 is 15.9 Å². The van der Waals surface area contributed by atoms with Crippen molar-refractivity contribution < 1.29 is 22.6 Å². The van der Waals surface area contributed by atoms with E-state index in [9.17, 15) is 18.0 Å². The SMILES string of the molecule is COc1ccc(CN2CCc3c(Br)nn(-c4ccc(OC(F)(F)F)cc4)c(=O)c3C2)cc1. The van der Waals surface area contributed by atoms with Crippen LogP contribution in [0, 0.1) is 0 Å². The van der Waals surface area contributed by atoms with Crippen molar-refractivity contribution >= 4 is 15.9 Å². The van der Waals surface area contributed by atoms with E-state index >= 15 is 0 Å². The van der Waals surface area contributed by atoms with Crippen molar-refractivity contribution in [1.29, 1.82) is 0 Å². The number of methoxy groups -OCH3 is 1. The van der Waals surface area contributed by atoms with Gasteiger partial charge in [-0.2, -0.15) is 9.78 Å². The fraction of sp³-hybridized carbons (Fsp3) is 0.273. The summed E-state index contributed by atoms with van der Waals surface area (Å²) >= 11 is 3.44. The van der Waals surface area contributed by atoms with Crippen molar-refractivity contribution in [3.05, 3.63) is 80.2 Å². The van der Waals surface area contributed by atoms with Gasteiger partial charge in [0, 0.05) is 25.2 Å². The van der Waals surface area contributed by atoms with E-state index in [1.54, 1.807) is 7.11 Å². The van der Waals surface area contributed by atoms with E-state index in [4.69, 9.17) is 4.74 Å². The van der Waals surface area contributed by atoms with Gasteiger partial charge in [-0.05, 0) is 69.9 Å². The topological polar surface area (TPSA) is 56.6 Å². The Morgan fingerprint density at radius 1 is 1.03 bits per heavy atom. The van der Waals surface area contributed by atoms with Crippen molar-refractivity contribution in [3.63, 3.8) is 0 Å². The van der Waals surface area contributed by atoms with Crippen LogP contribution in [0.5, 0.6) is 11.5 Å². The van der Waals surface area contributed by atoms with Gasteiger partial charge in [-0.15, -0.1) is 13.2 Å². The number of rotatable bonds is 5. The van der Waals surface area contributed by atoms with Crippen LogP contribution in [0.1, 0.15) is 16.7 Å². The molecule has 1 aliphatic rings. The number of fused-ring (bicyclic) bond motifs is 1. The van der Waals surface area contributed by atoms with Gasteiger partial charge in [0.25, 0.3) is 5.56 Å². The molecule has 2 heterocycles. The fourth-order valence-electron chi connectivity index (χ4n) is 3.65. The molecular weight excluding hydrogens is 491 g/mol. The zero-order chi connectivity index (χ0) is 22.9. The Hall–Kier alpha value is -2.85. The summed E-state index contributed by atoms with van der Waals surface area (Å²) in [5.74, 6) is 0.416. The average molecular weight is 510 g/mol. The molecule has 168 valence electrons. The summed E-state index contributed by atoms with van der Waals surface area (Å²) in [6, 6.07) is 12.8. The molecule has 0 N–H and O–H groups in total.